The Hall–Kier alpha value is -0.932. The summed E-state index contributed by atoms with van der Waals surface area (Å²) in [6.07, 6.45) is 0. The van der Waals surface area contributed by atoms with Gasteiger partial charge in [0.15, 0.2) is 0 Å². The first-order chi connectivity index (χ1) is 15.1. The van der Waals surface area contributed by atoms with E-state index in [2.05, 4.69) is 122 Å². The molecule has 0 saturated heterocycles. The first-order valence-electron chi connectivity index (χ1n) is 12.5. The molecule has 2 aromatic rings. The third-order valence-electron chi connectivity index (χ3n) is 8.91. The van der Waals surface area contributed by atoms with Crippen molar-refractivity contribution in [3.63, 3.8) is 0 Å². The second-order valence-electron chi connectivity index (χ2n) is 12.1. The predicted molar refractivity (Wildman–Crippen MR) is 152 cm³/mol. The van der Waals surface area contributed by atoms with E-state index in [-0.39, 0.29) is 5.04 Å². The monoisotopic (exact) mass is 509 g/mol. The maximum absolute atomic E-state index is 2.70. The van der Waals surface area contributed by atoms with Crippen LogP contribution in [0.15, 0.2) is 57.0 Å². The Bertz CT molecular complexity index is 1160. The molecule has 0 amide bonds. The van der Waals surface area contributed by atoms with Gasteiger partial charge in [-0.25, -0.2) is 0 Å². The normalized spacial score (nSPS) is 21.0. The number of hydrogen-bond donors (Lipinski definition) is 0. The summed E-state index contributed by atoms with van der Waals surface area (Å²) < 4.78 is 1.84. The quantitative estimate of drug-likeness (QED) is 0.367. The Morgan fingerprint density at radius 1 is 0.758 bits per heavy atom. The molecule has 177 valence electrons. The molecule has 0 saturated carbocycles. The summed E-state index contributed by atoms with van der Waals surface area (Å²) >= 11 is -1.35. The molecule has 0 bridgehead atoms. The van der Waals surface area contributed by atoms with Crippen molar-refractivity contribution < 1.29 is 17.9 Å². The molecule has 0 radical (unpaired) electrons. The molecule has 0 spiro atoms. The number of allylic oxidation sites excluding steroid dienone is 4. The SMILES string of the molecule is CC1=C(C)C(C)([Si](C)(c2cc(C)cc([Si](C)(C)C)c2)c2cccc(C)c2C)[C]([Ti]([CH3])[CH3])=C1C. The van der Waals surface area contributed by atoms with Crippen LogP contribution in [-0.2, 0) is 17.9 Å². The van der Waals surface area contributed by atoms with Gasteiger partial charge in [-0.3, -0.25) is 0 Å². The van der Waals surface area contributed by atoms with Crippen molar-refractivity contribution in [1.29, 1.82) is 0 Å². The summed E-state index contributed by atoms with van der Waals surface area (Å²) in [4.78, 5) is 0. The van der Waals surface area contributed by atoms with Crippen molar-refractivity contribution >= 4 is 31.7 Å². The van der Waals surface area contributed by atoms with E-state index < -0.39 is 34.0 Å². The van der Waals surface area contributed by atoms with Gasteiger partial charge in [0.05, 0.1) is 0 Å². The Balaban J connectivity index is 2.54. The van der Waals surface area contributed by atoms with Crippen LogP contribution in [-0.4, -0.2) is 16.1 Å². The summed E-state index contributed by atoms with van der Waals surface area (Å²) in [5.74, 6) is 0. The Kier molecular flexibility index (Phi) is 7.22. The molecule has 0 aliphatic heterocycles. The van der Waals surface area contributed by atoms with Crippen LogP contribution in [0, 0.1) is 20.8 Å². The Labute approximate surface area is 212 Å². The molecule has 3 heteroatoms. The van der Waals surface area contributed by atoms with Crippen molar-refractivity contribution in [2.45, 2.75) is 90.1 Å². The molecule has 0 N–H and O–H groups in total. The summed E-state index contributed by atoms with van der Waals surface area (Å²) in [5.41, 5.74) is 9.17. The van der Waals surface area contributed by atoms with E-state index in [9.17, 15) is 0 Å². The van der Waals surface area contributed by atoms with Gasteiger partial charge >= 0.3 is 213 Å². The standard InChI is InChI=1S/C28H39Si2.2CH3.Ti/c1-19-15-25(29(8,9)10)17-26(16-19)30(11,27-14-12-13-20(2)23(27)5)28(7)18-21(3)22(4)24(28)6;;;/h12-17H,1-11H3;2*1H3;. The van der Waals surface area contributed by atoms with E-state index in [1.807, 2.05) is 3.88 Å². The molecule has 2 unspecified atom stereocenters. The molecule has 0 fully saturated rings. The van der Waals surface area contributed by atoms with Gasteiger partial charge in [0, 0.05) is 0 Å². The summed E-state index contributed by atoms with van der Waals surface area (Å²) in [6, 6.07) is 14.8. The molecular weight excluding hydrogens is 464 g/mol. The number of aryl methyl sites for hydroxylation is 2. The summed E-state index contributed by atoms with van der Waals surface area (Å²) in [7, 11) is -3.67. The third-order valence-corrected chi connectivity index (χ3v) is 19.9. The second-order valence-corrected chi connectivity index (χ2v) is 25.4. The van der Waals surface area contributed by atoms with Gasteiger partial charge in [-0.05, 0) is 0 Å². The zero-order chi connectivity index (χ0) is 25.1. The Morgan fingerprint density at radius 2 is 1.33 bits per heavy atom. The van der Waals surface area contributed by atoms with E-state index in [4.69, 9.17) is 0 Å². The average molecular weight is 510 g/mol. The van der Waals surface area contributed by atoms with Crippen LogP contribution in [0.25, 0.3) is 0 Å². The fourth-order valence-electron chi connectivity index (χ4n) is 6.42. The predicted octanol–water partition coefficient (Wildman–Crippen LogP) is 7.45. The Morgan fingerprint density at radius 3 is 1.88 bits per heavy atom. The van der Waals surface area contributed by atoms with Gasteiger partial charge in [-0.2, -0.15) is 0 Å². The summed E-state index contributed by atoms with van der Waals surface area (Å²) in [5, 5.41) is 10.2. The van der Waals surface area contributed by atoms with Crippen LogP contribution in [0.4, 0.5) is 0 Å². The minimum absolute atomic E-state index is 0.128. The molecule has 0 heterocycles. The number of benzene rings is 2. The molecule has 2 aromatic carbocycles. The fourth-order valence-corrected chi connectivity index (χ4v) is 18.7. The van der Waals surface area contributed by atoms with Gasteiger partial charge in [0.2, 0.25) is 0 Å². The van der Waals surface area contributed by atoms with Gasteiger partial charge in [-0.1, -0.05) is 0 Å². The van der Waals surface area contributed by atoms with Gasteiger partial charge in [0.1, 0.15) is 0 Å². The first-order valence-corrected chi connectivity index (χ1v) is 22.4. The zero-order valence-corrected chi connectivity index (χ0v) is 27.0. The van der Waals surface area contributed by atoms with Crippen LogP contribution in [0.3, 0.4) is 0 Å². The van der Waals surface area contributed by atoms with E-state index >= 15 is 0 Å². The van der Waals surface area contributed by atoms with Crippen molar-refractivity contribution in [3.8, 4) is 0 Å². The van der Waals surface area contributed by atoms with E-state index in [1.165, 1.54) is 16.7 Å². The van der Waals surface area contributed by atoms with E-state index in [0.717, 1.165) is 0 Å². The van der Waals surface area contributed by atoms with Crippen molar-refractivity contribution in [1.82, 2.24) is 0 Å². The molecule has 2 atom stereocenters. The van der Waals surface area contributed by atoms with Crippen molar-refractivity contribution in [3.05, 3.63) is 73.7 Å². The topological polar surface area (TPSA) is 0 Å². The average Bonchev–Trinajstić information content (AvgIpc) is 2.89. The fraction of sp³-hybridized carbons (Fsp3) is 0.467. The van der Waals surface area contributed by atoms with E-state index in [0.29, 0.717) is 0 Å². The molecule has 0 aromatic heterocycles. The third kappa shape index (κ3) is 4.09. The first kappa shape index (κ1) is 26.7. The van der Waals surface area contributed by atoms with Crippen LogP contribution in [0.1, 0.15) is 44.4 Å². The second kappa shape index (κ2) is 8.93. The number of rotatable bonds is 5. The molecule has 1 aliphatic carbocycles. The van der Waals surface area contributed by atoms with Crippen LogP contribution in [0.2, 0.25) is 41.7 Å². The van der Waals surface area contributed by atoms with Crippen molar-refractivity contribution in [2.75, 3.05) is 0 Å². The van der Waals surface area contributed by atoms with Gasteiger partial charge in [-0.15, -0.1) is 0 Å². The zero-order valence-electron chi connectivity index (χ0n) is 23.5. The van der Waals surface area contributed by atoms with Gasteiger partial charge < -0.3 is 0 Å². The summed E-state index contributed by atoms with van der Waals surface area (Å²) in [6.45, 7) is 27.1. The number of hydrogen-bond acceptors (Lipinski definition) is 0. The molecular formula is C30H45Si2Ti. The minimum atomic E-state index is -2.23. The molecule has 1 aliphatic rings. The van der Waals surface area contributed by atoms with Crippen LogP contribution >= 0.6 is 0 Å². The molecule has 33 heavy (non-hydrogen) atoms. The van der Waals surface area contributed by atoms with Crippen LogP contribution < -0.4 is 15.6 Å². The molecule has 0 nitrogen and oxygen atoms in total. The van der Waals surface area contributed by atoms with Crippen molar-refractivity contribution in [2.24, 2.45) is 0 Å². The maximum atomic E-state index is 2.70. The van der Waals surface area contributed by atoms with Gasteiger partial charge in [0.25, 0.3) is 0 Å². The van der Waals surface area contributed by atoms with E-state index in [1.54, 1.807) is 32.3 Å². The molecule has 3 rings (SSSR count). The van der Waals surface area contributed by atoms with Crippen LogP contribution in [0.5, 0.6) is 0 Å².